The van der Waals surface area contributed by atoms with E-state index in [0.29, 0.717) is 23.4 Å². The van der Waals surface area contributed by atoms with Crippen LogP contribution in [0.4, 0.5) is 26.3 Å². The number of benzene rings is 3. The number of rotatable bonds is 8. The highest BCUT2D eigenvalue weighted by Crippen LogP contribution is 2.36. The largest absolute Gasteiger partial charge is 0.497 e. The highest BCUT2D eigenvalue weighted by molar-refractivity contribution is 7.89. The molecule has 3 aromatic rings. The van der Waals surface area contributed by atoms with E-state index in [1.807, 2.05) is 0 Å². The number of amides is 2. The third-order valence-electron chi connectivity index (χ3n) is 7.63. The van der Waals surface area contributed by atoms with Gasteiger partial charge in [0.25, 0.3) is 0 Å². The van der Waals surface area contributed by atoms with Gasteiger partial charge in [0.1, 0.15) is 11.8 Å². The maximum absolute atomic E-state index is 13.7. The van der Waals surface area contributed by atoms with Gasteiger partial charge in [-0.25, -0.2) is 8.42 Å². The molecular formula is C31H31F6N3O5S. The molecule has 0 saturated carbocycles. The first-order valence-electron chi connectivity index (χ1n) is 14.0. The van der Waals surface area contributed by atoms with Crippen molar-refractivity contribution in [3.05, 3.63) is 94.0 Å². The zero-order valence-electron chi connectivity index (χ0n) is 25.0. The molecular weight excluding hydrogens is 640 g/mol. The number of halogens is 6. The molecule has 8 nitrogen and oxygen atoms in total. The van der Waals surface area contributed by atoms with Crippen LogP contribution >= 0.6 is 0 Å². The molecule has 1 saturated heterocycles. The van der Waals surface area contributed by atoms with Crippen LogP contribution in [0.15, 0.2) is 65.6 Å². The molecule has 0 spiro atoms. The molecule has 1 unspecified atom stereocenters. The van der Waals surface area contributed by atoms with Crippen molar-refractivity contribution >= 4 is 21.8 Å². The highest BCUT2D eigenvalue weighted by atomic mass is 32.2. The first-order chi connectivity index (χ1) is 21.4. The Balaban J connectivity index is 1.63. The second-order valence-corrected chi connectivity index (χ2v) is 12.8. The van der Waals surface area contributed by atoms with Gasteiger partial charge in [-0.15, -0.1) is 0 Å². The predicted octanol–water partition coefficient (Wildman–Crippen LogP) is 5.11. The fourth-order valence-electron chi connectivity index (χ4n) is 5.01. The minimum absolute atomic E-state index is 0.0319. The lowest BCUT2D eigenvalue weighted by Crippen LogP contribution is -2.61. The highest BCUT2D eigenvalue weighted by Gasteiger charge is 2.42. The average Bonchev–Trinajstić information content (AvgIpc) is 2.99. The van der Waals surface area contributed by atoms with E-state index >= 15 is 0 Å². The maximum Gasteiger partial charge on any atom is 0.416 e. The second kappa shape index (κ2) is 13.3. The molecule has 248 valence electrons. The number of carbonyl (C=O) groups is 2. The minimum atomic E-state index is -5.09. The fraction of sp³-hybridized carbons (Fsp3) is 0.355. The van der Waals surface area contributed by atoms with Crippen molar-refractivity contribution in [1.82, 2.24) is 14.5 Å². The SMILES string of the molecule is COc1ccc(C)c(CC(=O)N2CCN(S(=O)(=O)c3ccc(C)cc3)C(C(=O)NCc3cc(C(F)(F)F)cc(C(F)(F)F)c3)C2)c1. The third kappa shape index (κ3) is 7.99. The fourth-order valence-corrected chi connectivity index (χ4v) is 6.58. The normalized spacial score (nSPS) is 16.3. The lowest BCUT2D eigenvalue weighted by atomic mass is 10.0. The van der Waals surface area contributed by atoms with Crippen molar-refractivity contribution in [2.45, 2.75) is 50.1 Å². The summed E-state index contributed by atoms with van der Waals surface area (Å²) in [7, 11) is -2.84. The van der Waals surface area contributed by atoms with Gasteiger partial charge in [0.15, 0.2) is 0 Å². The molecule has 3 aromatic carbocycles. The zero-order chi connectivity index (χ0) is 34.0. The second-order valence-electron chi connectivity index (χ2n) is 10.9. The van der Waals surface area contributed by atoms with E-state index in [0.717, 1.165) is 15.4 Å². The van der Waals surface area contributed by atoms with Gasteiger partial charge in [-0.3, -0.25) is 9.59 Å². The number of hydrogen-bond donors (Lipinski definition) is 1. The number of nitrogens with zero attached hydrogens (tertiary/aromatic N) is 2. The number of piperazine rings is 1. The molecule has 1 fully saturated rings. The van der Waals surface area contributed by atoms with Gasteiger partial charge in [0, 0.05) is 26.2 Å². The molecule has 46 heavy (non-hydrogen) atoms. The van der Waals surface area contributed by atoms with Crippen LogP contribution in [-0.4, -0.2) is 62.2 Å². The number of carbonyl (C=O) groups excluding carboxylic acids is 2. The van der Waals surface area contributed by atoms with Crippen molar-refractivity contribution < 1.29 is 49.1 Å². The summed E-state index contributed by atoms with van der Waals surface area (Å²) in [6.45, 7) is 2.01. The monoisotopic (exact) mass is 671 g/mol. The number of ether oxygens (including phenoxy) is 1. The summed E-state index contributed by atoms with van der Waals surface area (Å²) in [5, 5.41) is 2.29. The Labute approximate surface area is 262 Å². The van der Waals surface area contributed by atoms with E-state index in [2.05, 4.69) is 5.32 Å². The molecule has 4 rings (SSSR count). The molecule has 0 aliphatic carbocycles. The molecule has 1 aliphatic rings. The maximum atomic E-state index is 13.7. The van der Waals surface area contributed by atoms with E-state index < -0.39 is 70.0 Å². The lowest BCUT2D eigenvalue weighted by Gasteiger charge is -2.39. The number of hydrogen-bond acceptors (Lipinski definition) is 5. The summed E-state index contributed by atoms with van der Waals surface area (Å²) in [6, 6.07) is 10.4. The molecule has 1 aliphatic heterocycles. The van der Waals surface area contributed by atoms with Crippen molar-refractivity contribution in [1.29, 1.82) is 0 Å². The van der Waals surface area contributed by atoms with Crippen LogP contribution < -0.4 is 10.1 Å². The summed E-state index contributed by atoms with van der Waals surface area (Å²) in [6.07, 6.45) is -10.3. The van der Waals surface area contributed by atoms with Crippen molar-refractivity contribution in [2.75, 3.05) is 26.7 Å². The van der Waals surface area contributed by atoms with Crippen LogP contribution in [0, 0.1) is 13.8 Å². The number of sulfonamides is 1. The van der Waals surface area contributed by atoms with Crippen molar-refractivity contribution in [2.24, 2.45) is 0 Å². The summed E-state index contributed by atoms with van der Waals surface area (Å²) in [5.41, 5.74) is -1.40. The van der Waals surface area contributed by atoms with Gasteiger partial charge >= 0.3 is 12.4 Å². The minimum Gasteiger partial charge on any atom is -0.497 e. The van der Waals surface area contributed by atoms with Crippen LogP contribution in [0.25, 0.3) is 0 Å². The molecule has 2 amide bonds. The lowest BCUT2D eigenvalue weighted by molar-refractivity contribution is -0.143. The van der Waals surface area contributed by atoms with Crippen LogP contribution in [0.1, 0.15) is 33.4 Å². The standard InChI is InChI=1S/C31H31F6N3O5S/c1-19-4-8-26(9-5-19)46(43,44)40-11-10-39(28(41)15-22-14-25(45-3)7-6-20(22)2)18-27(40)29(42)38-17-21-12-23(30(32,33)34)16-24(13-21)31(35,36)37/h4-9,12-14,16,27H,10-11,15,17-18H2,1-3H3,(H,38,42). The number of nitrogens with one attached hydrogen (secondary N) is 1. The molecule has 1 atom stereocenters. The summed E-state index contributed by atoms with van der Waals surface area (Å²) in [5.74, 6) is -0.908. The number of aryl methyl sites for hydroxylation is 2. The van der Waals surface area contributed by atoms with Crippen LogP contribution in [-0.2, 0) is 44.9 Å². The Bertz CT molecular complexity index is 1680. The van der Waals surface area contributed by atoms with E-state index in [-0.39, 0.29) is 30.5 Å². The predicted molar refractivity (Wildman–Crippen MR) is 155 cm³/mol. The van der Waals surface area contributed by atoms with E-state index in [9.17, 15) is 44.3 Å². The van der Waals surface area contributed by atoms with Crippen LogP contribution in [0.3, 0.4) is 0 Å². The molecule has 1 heterocycles. The molecule has 1 N–H and O–H groups in total. The number of alkyl halides is 6. The van der Waals surface area contributed by atoms with Gasteiger partial charge < -0.3 is 15.0 Å². The first kappa shape index (κ1) is 34.8. The average molecular weight is 672 g/mol. The first-order valence-corrected chi connectivity index (χ1v) is 15.4. The quantitative estimate of drug-likeness (QED) is 0.336. The Morgan fingerprint density at radius 2 is 1.50 bits per heavy atom. The van der Waals surface area contributed by atoms with Gasteiger partial charge in [0.2, 0.25) is 21.8 Å². The number of methoxy groups -OCH3 is 1. The summed E-state index contributed by atoms with van der Waals surface area (Å²) < 4.78 is 114. The van der Waals surface area contributed by atoms with Crippen LogP contribution in [0.2, 0.25) is 0 Å². The van der Waals surface area contributed by atoms with Gasteiger partial charge in [-0.05, 0) is 73.0 Å². The Morgan fingerprint density at radius 1 is 0.891 bits per heavy atom. The van der Waals surface area contributed by atoms with E-state index in [4.69, 9.17) is 4.74 Å². The Morgan fingerprint density at radius 3 is 2.07 bits per heavy atom. The topological polar surface area (TPSA) is 96.0 Å². The molecule has 0 bridgehead atoms. The van der Waals surface area contributed by atoms with E-state index in [1.165, 1.54) is 24.1 Å². The van der Waals surface area contributed by atoms with Gasteiger partial charge in [-0.2, -0.15) is 30.6 Å². The van der Waals surface area contributed by atoms with E-state index in [1.54, 1.807) is 44.2 Å². The Hall–Kier alpha value is -4.11. The van der Waals surface area contributed by atoms with Gasteiger partial charge in [0.05, 0.1) is 29.6 Å². The zero-order valence-corrected chi connectivity index (χ0v) is 25.8. The smallest absolute Gasteiger partial charge is 0.416 e. The van der Waals surface area contributed by atoms with Crippen LogP contribution in [0.5, 0.6) is 5.75 Å². The molecule has 15 heteroatoms. The summed E-state index contributed by atoms with van der Waals surface area (Å²) in [4.78, 5) is 28.1. The summed E-state index contributed by atoms with van der Waals surface area (Å²) >= 11 is 0. The third-order valence-corrected chi connectivity index (χ3v) is 9.55. The molecule has 0 radical (unpaired) electrons. The molecule has 0 aromatic heterocycles. The Kier molecular flexibility index (Phi) is 10.1. The van der Waals surface area contributed by atoms with Gasteiger partial charge in [-0.1, -0.05) is 23.8 Å². The van der Waals surface area contributed by atoms with Crippen molar-refractivity contribution in [3.63, 3.8) is 0 Å². The van der Waals surface area contributed by atoms with Crippen molar-refractivity contribution in [3.8, 4) is 5.75 Å².